The second kappa shape index (κ2) is 7.12. The van der Waals surface area contributed by atoms with Crippen LogP contribution in [-0.4, -0.2) is 20.9 Å². The van der Waals surface area contributed by atoms with Gasteiger partial charge in [0.1, 0.15) is 0 Å². The van der Waals surface area contributed by atoms with Gasteiger partial charge in [-0.1, -0.05) is 50.0 Å². The summed E-state index contributed by atoms with van der Waals surface area (Å²) in [6.45, 7) is 11.3. The van der Waals surface area contributed by atoms with E-state index in [1.165, 1.54) is 18.4 Å². The molecule has 1 heterocycles. The number of hydrogen-bond donors (Lipinski definition) is 2. The Labute approximate surface area is 174 Å². The quantitative estimate of drug-likeness (QED) is 0.697. The highest BCUT2D eigenvalue weighted by molar-refractivity contribution is 5.52. The van der Waals surface area contributed by atoms with E-state index >= 15 is 0 Å². The number of rotatable bonds is 4. The van der Waals surface area contributed by atoms with E-state index in [1.807, 2.05) is 31.2 Å². The molecule has 29 heavy (non-hydrogen) atoms. The molecule has 0 saturated heterocycles. The molecule has 0 bridgehead atoms. The van der Waals surface area contributed by atoms with Crippen LogP contribution < -0.4 is 5.32 Å². The van der Waals surface area contributed by atoms with Crippen molar-refractivity contribution in [2.24, 2.45) is 22.7 Å². The van der Waals surface area contributed by atoms with Crippen LogP contribution in [0.25, 0.3) is 0 Å². The van der Waals surface area contributed by atoms with Crippen LogP contribution >= 0.6 is 0 Å². The summed E-state index contributed by atoms with van der Waals surface area (Å²) in [5.74, 6) is 1.33. The molecule has 0 unspecified atom stereocenters. The van der Waals surface area contributed by atoms with E-state index in [1.54, 1.807) is 0 Å². The zero-order valence-electron chi connectivity index (χ0n) is 18.5. The SMILES string of the molecule is Cc1ccc(Nc2nnc(C[C@@H]3[C@@]4(C)CCCC(C)(C)[C@@H]4CC[C@@]3(C)O)o2)cc1. The highest BCUT2D eigenvalue weighted by Gasteiger charge is 2.58. The van der Waals surface area contributed by atoms with Gasteiger partial charge in [-0.05, 0) is 68.4 Å². The van der Waals surface area contributed by atoms with E-state index in [-0.39, 0.29) is 11.3 Å². The summed E-state index contributed by atoms with van der Waals surface area (Å²) in [7, 11) is 0. The molecule has 158 valence electrons. The lowest BCUT2D eigenvalue weighted by Gasteiger charge is -2.61. The van der Waals surface area contributed by atoms with Crippen molar-refractivity contribution in [2.45, 2.75) is 78.7 Å². The van der Waals surface area contributed by atoms with E-state index in [9.17, 15) is 5.11 Å². The van der Waals surface area contributed by atoms with E-state index in [0.717, 1.165) is 24.9 Å². The topological polar surface area (TPSA) is 71.2 Å². The van der Waals surface area contributed by atoms with E-state index in [2.05, 4.69) is 43.2 Å². The number of nitrogens with one attached hydrogen (secondary N) is 1. The molecule has 5 heteroatoms. The van der Waals surface area contributed by atoms with Crippen molar-refractivity contribution in [3.63, 3.8) is 0 Å². The summed E-state index contributed by atoms with van der Waals surface area (Å²) >= 11 is 0. The molecule has 0 aliphatic heterocycles. The number of hydrogen-bond acceptors (Lipinski definition) is 5. The van der Waals surface area contributed by atoms with Crippen LogP contribution in [0.5, 0.6) is 0 Å². The van der Waals surface area contributed by atoms with Gasteiger partial charge in [-0.15, -0.1) is 5.10 Å². The molecule has 4 atom stereocenters. The van der Waals surface area contributed by atoms with Crippen molar-refractivity contribution in [2.75, 3.05) is 5.32 Å². The molecule has 2 aliphatic carbocycles. The summed E-state index contributed by atoms with van der Waals surface area (Å²) < 4.78 is 5.95. The van der Waals surface area contributed by atoms with Crippen LogP contribution in [0.4, 0.5) is 11.7 Å². The van der Waals surface area contributed by atoms with Gasteiger partial charge < -0.3 is 14.8 Å². The van der Waals surface area contributed by atoms with Crippen LogP contribution in [0.15, 0.2) is 28.7 Å². The minimum Gasteiger partial charge on any atom is -0.408 e. The molecule has 1 aromatic carbocycles. The molecule has 0 amide bonds. The Balaban J connectivity index is 1.55. The second-order valence-electron chi connectivity index (χ2n) is 10.5. The first-order chi connectivity index (χ1) is 13.6. The van der Waals surface area contributed by atoms with Crippen LogP contribution in [0, 0.1) is 29.6 Å². The summed E-state index contributed by atoms with van der Waals surface area (Å²) in [5, 5.41) is 23.0. The van der Waals surface area contributed by atoms with Crippen molar-refractivity contribution in [1.29, 1.82) is 0 Å². The third kappa shape index (κ3) is 3.81. The van der Waals surface area contributed by atoms with Crippen molar-refractivity contribution in [1.82, 2.24) is 10.2 Å². The lowest BCUT2D eigenvalue weighted by molar-refractivity contribution is -0.167. The van der Waals surface area contributed by atoms with Crippen molar-refractivity contribution in [3.05, 3.63) is 35.7 Å². The van der Waals surface area contributed by atoms with Crippen LogP contribution in [0.2, 0.25) is 0 Å². The van der Waals surface area contributed by atoms with E-state index in [0.29, 0.717) is 29.7 Å². The fourth-order valence-corrected chi connectivity index (χ4v) is 6.40. The predicted molar refractivity (Wildman–Crippen MR) is 115 cm³/mol. The highest BCUT2D eigenvalue weighted by atomic mass is 16.4. The fraction of sp³-hybridized carbons (Fsp3) is 0.667. The molecular formula is C24H35N3O2. The Kier molecular flexibility index (Phi) is 5.01. The first kappa shape index (κ1) is 20.4. The third-order valence-corrected chi connectivity index (χ3v) is 7.91. The number of aromatic nitrogens is 2. The molecule has 1 aromatic heterocycles. The number of benzene rings is 1. The summed E-state index contributed by atoms with van der Waals surface area (Å²) in [6, 6.07) is 8.50. The maximum absolute atomic E-state index is 11.3. The molecule has 0 spiro atoms. The molecular weight excluding hydrogens is 362 g/mol. The minimum absolute atomic E-state index is 0.0858. The zero-order chi connectivity index (χ0) is 20.9. The number of nitrogens with zero attached hydrogens (tertiary/aromatic N) is 2. The van der Waals surface area contributed by atoms with Gasteiger partial charge in [-0.2, -0.15) is 0 Å². The zero-order valence-corrected chi connectivity index (χ0v) is 18.5. The number of aryl methyl sites for hydroxylation is 1. The number of anilines is 2. The lowest BCUT2D eigenvalue weighted by atomic mass is 9.45. The molecule has 2 fully saturated rings. The van der Waals surface area contributed by atoms with Gasteiger partial charge in [-0.3, -0.25) is 0 Å². The van der Waals surface area contributed by atoms with Gasteiger partial charge in [0.2, 0.25) is 5.89 Å². The highest BCUT2D eigenvalue weighted by Crippen LogP contribution is 2.62. The Morgan fingerprint density at radius 1 is 1.07 bits per heavy atom. The Morgan fingerprint density at radius 2 is 1.79 bits per heavy atom. The van der Waals surface area contributed by atoms with Crippen molar-refractivity contribution < 1.29 is 9.52 Å². The maximum atomic E-state index is 11.3. The molecule has 5 nitrogen and oxygen atoms in total. The molecule has 0 radical (unpaired) electrons. The Hall–Kier alpha value is -1.88. The summed E-state index contributed by atoms with van der Waals surface area (Å²) in [6.07, 6.45) is 6.20. The second-order valence-corrected chi connectivity index (χ2v) is 10.5. The average molecular weight is 398 g/mol. The van der Waals surface area contributed by atoms with Gasteiger partial charge in [-0.25, -0.2) is 0 Å². The van der Waals surface area contributed by atoms with Gasteiger partial charge in [0.25, 0.3) is 0 Å². The smallest absolute Gasteiger partial charge is 0.320 e. The lowest BCUT2D eigenvalue weighted by Crippen LogP contribution is -2.58. The standard InChI is InChI=1S/C24H35N3O2/c1-16-7-9-17(10-8-16)25-21-27-26-20(29-21)15-19-23(4)13-6-12-22(2,3)18(23)11-14-24(19,5)28/h7-10,18-19,28H,6,11-15H2,1-5H3,(H,25,27)/t18-,19+,23-,24+/m0/s1. The molecule has 2 aliphatic rings. The fourth-order valence-electron chi connectivity index (χ4n) is 6.40. The largest absolute Gasteiger partial charge is 0.408 e. The van der Waals surface area contributed by atoms with Gasteiger partial charge in [0, 0.05) is 18.0 Å². The van der Waals surface area contributed by atoms with Crippen LogP contribution in [0.3, 0.4) is 0 Å². The third-order valence-electron chi connectivity index (χ3n) is 7.91. The predicted octanol–water partition coefficient (Wildman–Crippen LogP) is 5.66. The minimum atomic E-state index is -0.711. The van der Waals surface area contributed by atoms with Gasteiger partial charge in [0.05, 0.1) is 5.60 Å². The Morgan fingerprint density at radius 3 is 2.52 bits per heavy atom. The van der Waals surface area contributed by atoms with E-state index < -0.39 is 5.60 Å². The number of fused-ring (bicyclic) bond motifs is 1. The first-order valence-corrected chi connectivity index (χ1v) is 11.0. The average Bonchev–Trinajstić information content (AvgIpc) is 3.07. The van der Waals surface area contributed by atoms with E-state index in [4.69, 9.17) is 4.42 Å². The van der Waals surface area contributed by atoms with Crippen LogP contribution in [0.1, 0.15) is 71.3 Å². The summed E-state index contributed by atoms with van der Waals surface area (Å²) in [5.41, 5.74) is 1.82. The molecule has 2 saturated carbocycles. The van der Waals surface area contributed by atoms with Gasteiger partial charge >= 0.3 is 6.01 Å². The normalized spacial score (nSPS) is 33.9. The monoisotopic (exact) mass is 397 g/mol. The molecule has 2 aromatic rings. The maximum Gasteiger partial charge on any atom is 0.320 e. The van der Waals surface area contributed by atoms with Crippen molar-refractivity contribution >= 4 is 11.7 Å². The van der Waals surface area contributed by atoms with Gasteiger partial charge in [0.15, 0.2) is 0 Å². The van der Waals surface area contributed by atoms with Crippen LogP contribution in [-0.2, 0) is 6.42 Å². The molecule has 4 rings (SSSR count). The van der Waals surface area contributed by atoms with Crippen molar-refractivity contribution in [3.8, 4) is 0 Å². The number of aliphatic hydroxyl groups is 1. The summed E-state index contributed by atoms with van der Waals surface area (Å²) in [4.78, 5) is 0. The Bertz CT molecular complexity index is 855. The molecule has 2 N–H and O–H groups in total. The first-order valence-electron chi connectivity index (χ1n) is 11.0.